The fourth-order valence-corrected chi connectivity index (χ4v) is 1.43. The van der Waals surface area contributed by atoms with Gasteiger partial charge in [0.1, 0.15) is 6.54 Å². The molecule has 1 aromatic rings. The SMILES string of the molecule is Cc1ccc(N)c(=O)n1CC(=O)NCCC(=O)OF. The van der Waals surface area contributed by atoms with Crippen LogP contribution in [0.3, 0.4) is 0 Å². The van der Waals surface area contributed by atoms with E-state index in [9.17, 15) is 18.9 Å². The molecule has 7 nitrogen and oxygen atoms in total. The number of halogens is 1. The van der Waals surface area contributed by atoms with Crippen LogP contribution in [0.4, 0.5) is 10.2 Å². The number of hydrogen-bond donors (Lipinski definition) is 2. The molecule has 3 N–H and O–H groups in total. The molecule has 0 atom stereocenters. The van der Waals surface area contributed by atoms with Gasteiger partial charge in [-0.05, 0) is 19.1 Å². The Morgan fingerprint density at radius 2 is 2.16 bits per heavy atom. The topological polar surface area (TPSA) is 103 Å². The summed E-state index contributed by atoms with van der Waals surface area (Å²) in [6.07, 6.45) is -0.285. The van der Waals surface area contributed by atoms with Gasteiger partial charge in [-0.15, -0.1) is 0 Å². The predicted molar refractivity (Wildman–Crippen MR) is 64.7 cm³/mol. The van der Waals surface area contributed by atoms with Gasteiger partial charge in [0.05, 0.1) is 12.1 Å². The third-order valence-corrected chi connectivity index (χ3v) is 2.46. The molecule has 0 spiro atoms. The molecule has 0 saturated heterocycles. The number of nitrogens with two attached hydrogens (primary N) is 1. The van der Waals surface area contributed by atoms with Gasteiger partial charge in [-0.3, -0.25) is 14.5 Å². The Bertz CT molecular complexity index is 541. The van der Waals surface area contributed by atoms with Crippen molar-refractivity contribution in [3.63, 3.8) is 0 Å². The average molecular weight is 271 g/mol. The lowest BCUT2D eigenvalue weighted by Gasteiger charge is -2.10. The van der Waals surface area contributed by atoms with Crippen LogP contribution >= 0.6 is 0 Å². The highest BCUT2D eigenvalue weighted by Gasteiger charge is 2.09. The molecule has 0 saturated carbocycles. The van der Waals surface area contributed by atoms with E-state index in [2.05, 4.69) is 10.3 Å². The van der Waals surface area contributed by atoms with Gasteiger partial charge < -0.3 is 15.6 Å². The third kappa shape index (κ3) is 4.09. The molecule has 1 aromatic heterocycles. The van der Waals surface area contributed by atoms with Crippen molar-refractivity contribution in [2.24, 2.45) is 0 Å². The molecule has 0 radical (unpaired) electrons. The molecule has 1 heterocycles. The minimum atomic E-state index is -1.07. The molecule has 0 aliphatic heterocycles. The van der Waals surface area contributed by atoms with Crippen LogP contribution < -0.4 is 16.6 Å². The lowest BCUT2D eigenvalue weighted by molar-refractivity contribution is -0.183. The summed E-state index contributed by atoms with van der Waals surface area (Å²) in [7, 11) is 0. The zero-order chi connectivity index (χ0) is 14.4. The summed E-state index contributed by atoms with van der Waals surface area (Å²) in [6, 6.07) is 3.08. The number of nitrogen functional groups attached to an aromatic ring is 1. The number of anilines is 1. The van der Waals surface area contributed by atoms with E-state index in [4.69, 9.17) is 5.73 Å². The van der Waals surface area contributed by atoms with Crippen molar-refractivity contribution >= 4 is 17.6 Å². The molecular weight excluding hydrogens is 257 g/mol. The molecule has 19 heavy (non-hydrogen) atoms. The number of nitrogens with zero attached hydrogens (tertiary/aromatic N) is 1. The summed E-state index contributed by atoms with van der Waals surface area (Å²) < 4.78 is 12.6. The highest BCUT2D eigenvalue weighted by Crippen LogP contribution is 1.99. The lowest BCUT2D eigenvalue weighted by Crippen LogP contribution is -2.35. The Kier molecular flexibility index (Phi) is 5.04. The monoisotopic (exact) mass is 271 g/mol. The first kappa shape index (κ1) is 14.7. The van der Waals surface area contributed by atoms with Gasteiger partial charge in [0.15, 0.2) is 0 Å². The Hall–Kier alpha value is -2.38. The molecule has 104 valence electrons. The second-order valence-electron chi connectivity index (χ2n) is 3.87. The van der Waals surface area contributed by atoms with E-state index in [1.165, 1.54) is 10.6 Å². The quantitative estimate of drug-likeness (QED) is 0.763. The molecule has 0 bridgehead atoms. The normalized spacial score (nSPS) is 10.0. The molecule has 0 unspecified atom stereocenters. The van der Waals surface area contributed by atoms with Gasteiger partial charge in [0, 0.05) is 16.8 Å². The van der Waals surface area contributed by atoms with E-state index in [-0.39, 0.29) is 25.2 Å². The van der Waals surface area contributed by atoms with Crippen LogP contribution in [0.25, 0.3) is 0 Å². The summed E-state index contributed by atoms with van der Waals surface area (Å²) >= 11 is 0. The highest BCUT2D eigenvalue weighted by atomic mass is 19.3. The number of nitrogens with one attached hydrogen (secondary N) is 1. The van der Waals surface area contributed by atoms with Gasteiger partial charge in [-0.25, -0.2) is 4.79 Å². The predicted octanol–water partition coefficient (Wildman–Crippen LogP) is -0.327. The van der Waals surface area contributed by atoms with Gasteiger partial charge in [-0.1, -0.05) is 0 Å². The van der Waals surface area contributed by atoms with E-state index < -0.39 is 17.4 Å². The van der Waals surface area contributed by atoms with Crippen molar-refractivity contribution in [2.45, 2.75) is 19.9 Å². The van der Waals surface area contributed by atoms with E-state index in [0.717, 1.165) is 0 Å². The van der Waals surface area contributed by atoms with Crippen molar-refractivity contribution < 1.29 is 19.1 Å². The first-order valence-corrected chi connectivity index (χ1v) is 5.49. The maximum atomic E-state index is 11.7. The fraction of sp³-hybridized carbons (Fsp3) is 0.364. The van der Waals surface area contributed by atoms with Gasteiger partial charge in [-0.2, -0.15) is 0 Å². The van der Waals surface area contributed by atoms with Crippen LogP contribution in [0.1, 0.15) is 12.1 Å². The summed E-state index contributed by atoms with van der Waals surface area (Å²) in [5.74, 6) is -1.56. The molecule has 0 aliphatic rings. The van der Waals surface area contributed by atoms with Crippen molar-refractivity contribution in [3.8, 4) is 0 Å². The standard InChI is InChI=1S/C11H14FN3O4/c1-7-2-3-8(13)11(18)15(7)6-9(16)14-5-4-10(17)19-12/h2-3H,4-6,13H2,1H3,(H,14,16). The number of aryl methyl sites for hydroxylation is 1. The molecule has 0 fully saturated rings. The van der Waals surface area contributed by atoms with E-state index >= 15 is 0 Å². The first-order valence-electron chi connectivity index (χ1n) is 5.49. The van der Waals surface area contributed by atoms with E-state index in [0.29, 0.717) is 5.69 Å². The minimum Gasteiger partial charge on any atom is -0.394 e. The first-order chi connectivity index (χ1) is 8.95. The second kappa shape index (κ2) is 6.53. The Labute approximate surface area is 108 Å². The van der Waals surface area contributed by atoms with Crippen LogP contribution in [0, 0.1) is 6.92 Å². The van der Waals surface area contributed by atoms with Crippen molar-refractivity contribution in [1.82, 2.24) is 9.88 Å². The maximum Gasteiger partial charge on any atom is 0.350 e. The van der Waals surface area contributed by atoms with E-state index in [1.54, 1.807) is 13.0 Å². The second-order valence-corrected chi connectivity index (χ2v) is 3.87. The molecule has 1 amide bonds. The lowest BCUT2D eigenvalue weighted by atomic mass is 10.3. The summed E-state index contributed by atoms with van der Waals surface area (Å²) in [5, 5.41) is 2.36. The van der Waals surface area contributed by atoms with Crippen molar-refractivity contribution in [2.75, 3.05) is 12.3 Å². The number of hydrogen-bond acceptors (Lipinski definition) is 5. The molecule has 8 heteroatoms. The number of aromatic nitrogens is 1. The molecule has 0 aromatic carbocycles. The van der Waals surface area contributed by atoms with E-state index in [1.807, 2.05) is 0 Å². The van der Waals surface area contributed by atoms with Gasteiger partial charge in [0.25, 0.3) is 5.56 Å². The molecular formula is C11H14FN3O4. The third-order valence-electron chi connectivity index (χ3n) is 2.46. The number of carbonyl (C=O) groups is 2. The van der Waals surface area contributed by atoms with Gasteiger partial charge >= 0.3 is 5.97 Å². The number of carbonyl (C=O) groups excluding carboxylic acids is 2. The number of amides is 1. The maximum absolute atomic E-state index is 11.7. The zero-order valence-corrected chi connectivity index (χ0v) is 10.3. The summed E-state index contributed by atoms with van der Waals surface area (Å²) in [4.78, 5) is 36.7. The fourth-order valence-electron chi connectivity index (χ4n) is 1.43. The largest absolute Gasteiger partial charge is 0.394 e. The van der Waals surface area contributed by atoms with Gasteiger partial charge in [0.2, 0.25) is 5.91 Å². The van der Waals surface area contributed by atoms with Crippen LogP contribution in [-0.2, 0) is 21.1 Å². The van der Waals surface area contributed by atoms with Crippen molar-refractivity contribution in [1.29, 1.82) is 0 Å². The number of rotatable bonds is 5. The van der Waals surface area contributed by atoms with Crippen LogP contribution in [0.15, 0.2) is 16.9 Å². The zero-order valence-electron chi connectivity index (χ0n) is 10.3. The average Bonchev–Trinajstić information content (AvgIpc) is 2.39. The minimum absolute atomic E-state index is 0.0411. The highest BCUT2D eigenvalue weighted by molar-refractivity contribution is 5.77. The number of pyridine rings is 1. The summed E-state index contributed by atoms with van der Waals surface area (Å²) in [5.41, 5.74) is 5.62. The smallest absolute Gasteiger partial charge is 0.350 e. The van der Waals surface area contributed by atoms with Crippen LogP contribution in [-0.4, -0.2) is 23.0 Å². The molecule has 1 rings (SSSR count). The Morgan fingerprint density at radius 1 is 1.47 bits per heavy atom. The Morgan fingerprint density at radius 3 is 2.79 bits per heavy atom. The molecule has 0 aliphatic carbocycles. The van der Waals surface area contributed by atoms with Crippen LogP contribution in [0.5, 0.6) is 0 Å². The Balaban J connectivity index is 2.61. The van der Waals surface area contributed by atoms with Crippen molar-refractivity contribution in [3.05, 3.63) is 28.2 Å². The van der Waals surface area contributed by atoms with Crippen LogP contribution in [0.2, 0.25) is 0 Å². The summed E-state index contributed by atoms with van der Waals surface area (Å²) in [6.45, 7) is 1.37.